The molecular formula is C15H19N5O2. The van der Waals surface area contributed by atoms with Gasteiger partial charge in [0, 0.05) is 24.6 Å². The first-order chi connectivity index (χ1) is 10.6. The SMILES string of the molecule is Cc1n[nH]c(C)c1C(=O)N1CCC[C@@H](Oc2cnccn2)C1. The van der Waals surface area contributed by atoms with E-state index in [1.807, 2.05) is 18.7 Å². The standard InChI is InChI=1S/C15H19N5O2/c1-10-14(11(2)19-18-10)15(21)20-7-3-4-12(9-20)22-13-8-16-5-6-17-13/h5-6,8,12H,3-4,7,9H2,1-2H3,(H,18,19)/t12-/m1/s1. The van der Waals surface area contributed by atoms with Crippen molar-refractivity contribution >= 4 is 5.91 Å². The third kappa shape index (κ3) is 2.93. The van der Waals surface area contributed by atoms with Crippen molar-refractivity contribution < 1.29 is 9.53 Å². The minimum absolute atomic E-state index is 0.0104. The number of hydrogen-bond donors (Lipinski definition) is 1. The first kappa shape index (κ1) is 14.5. The van der Waals surface area contributed by atoms with E-state index in [2.05, 4.69) is 20.2 Å². The Hall–Kier alpha value is -2.44. The number of amides is 1. The van der Waals surface area contributed by atoms with Gasteiger partial charge in [-0.05, 0) is 26.7 Å². The predicted molar refractivity (Wildman–Crippen MR) is 79.6 cm³/mol. The molecule has 7 nitrogen and oxygen atoms in total. The van der Waals surface area contributed by atoms with Gasteiger partial charge in [-0.3, -0.25) is 14.9 Å². The van der Waals surface area contributed by atoms with Gasteiger partial charge in [-0.2, -0.15) is 5.10 Å². The van der Waals surface area contributed by atoms with Gasteiger partial charge in [0.25, 0.3) is 5.91 Å². The number of piperidine rings is 1. The van der Waals surface area contributed by atoms with Gasteiger partial charge in [0.15, 0.2) is 0 Å². The van der Waals surface area contributed by atoms with Crippen molar-refractivity contribution in [2.24, 2.45) is 0 Å². The summed E-state index contributed by atoms with van der Waals surface area (Å²) in [6, 6.07) is 0. The second kappa shape index (κ2) is 6.13. The van der Waals surface area contributed by atoms with Crippen LogP contribution in [-0.2, 0) is 0 Å². The summed E-state index contributed by atoms with van der Waals surface area (Å²) in [5.74, 6) is 0.508. The highest BCUT2D eigenvalue weighted by atomic mass is 16.5. The molecule has 0 aliphatic carbocycles. The minimum Gasteiger partial charge on any atom is -0.471 e. The highest BCUT2D eigenvalue weighted by molar-refractivity contribution is 5.96. The van der Waals surface area contributed by atoms with E-state index in [9.17, 15) is 4.79 Å². The van der Waals surface area contributed by atoms with E-state index in [0.29, 0.717) is 18.0 Å². The zero-order valence-corrected chi connectivity index (χ0v) is 12.7. The third-order valence-electron chi connectivity index (χ3n) is 3.83. The molecule has 1 atom stereocenters. The molecule has 1 saturated heterocycles. The monoisotopic (exact) mass is 301 g/mol. The Balaban J connectivity index is 1.69. The number of ether oxygens (including phenoxy) is 1. The van der Waals surface area contributed by atoms with Crippen molar-refractivity contribution in [3.63, 3.8) is 0 Å². The molecular weight excluding hydrogens is 282 g/mol. The molecule has 0 unspecified atom stereocenters. The van der Waals surface area contributed by atoms with Gasteiger partial charge in [-0.15, -0.1) is 0 Å². The summed E-state index contributed by atoms with van der Waals surface area (Å²) in [7, 11) is 0. The minimum atomic E-state index is -0.0538. The van der Waals surface area contributed by atoms with Gasteiger partial charge in [-0.1, -0.05) is 0 Å². The maximum atomic E-state index is 12.7. The molecule has 0 aromatic carbocycles. The molecule has 0 saturated carbocycles. The summed E-state index contributed by atoms with van der Waals surface area (Å²) in [5, 5.41) is 6.96. The van der Waals surface area contributed by atoms with Crippen LogP contribution >= 0.6 is 0 Å². The summed E-state index contributed by atoms with van der Waals surface area (Å²) in [4.78, 5) is 22.6. The summed E-state index contributed by atoms with van der Waals surface area (Å²) in [6.07, 6.45) is 6.55. The number of carbonyl (C=O) groups excluding carboxylic acids is 1. The molecule has 0 radical (unpaired) electrons. The Labute approximate surface area is 128 Å². The Morgan fingerprint density at radius 2 is 2.27 bits per heavy atom. The smallest absolute Gasteiger partial charge is 0.257 e. The summed E-state index contributed by atoms with van der Waals surface area (Å²) in [6.45, 7) is 5.00. The van der Waals surface area contributed by atoms with Crippen LogP contribution in [-0.4, -0.2) is 50.2 Å². The third-order valence-corrected chi connectivity index (χ3v) is 3.83. The number of aromatic nitrogens is 4. The fourth-order valence-electron chi connectivity index (χ4n) is 2.76. The Kier molecular flexibility index (Phi) is 4.04. The van der Waals surface area contributed by atoms with E-state index in [-0.39, 0.29) is 12.0 Å². The van der Waals surface area contributed by atoms with Crippen LogP contribution in [0.3, 0.4) is 0 Å². The molecule has 116 valence electrons. The first-order valence-corrected chi connectivity index (χ1v) is 7.38. The fourth-order valence-corrected chi connectivity index (χ4v) is 2.76. The molecule has 1 fully saturated rings. The molecule has 1 amide bonds. The molecule has 3 rings (SSSR count). The number of hydrogen-bond acceptors (Lipinski definition) is 5. The average molecular weight is 301 g/mol. The van der Waals surface area contributed by atoms with Crippen molar-refractivity contribution in [1.82, 2.24) is 25.1 Å². The van der Waals surface area contributed by atoms with Gasteiger partial charge >= 0.3 is 0 Å². The van der Waals surface area contributed by atoms with Gasteiger partial charge < -0.3 is 9.64 Å². The zero-order valence-electron chi connectivity index (χ0n) is 12.7. The number of nitrogens with zero attached hydrogens (tertiary/aromatic N) is 4. The lowest BCUT2D eigenvalue weighted by Gasteiger charge is -2.32. The van der Waals surface area contributed by atoms with Gasteiger partial charge in [0.05, 0.1) is 24.0 Å². The predicted octanol–water partition coefficient (Wildman–Crippen LogP) is 1.50. The van der Waals surface area contributed by atoms with Crippen LogP contribution in [0.25, 0.3) is 0 Å². The molecule has 0 spiro atoms. The average Bonchev–Trinajstić information content (AvgIpc) is 2.87. The van der Waals surface area contributed by atoms with E-state index in [4.69, 9.17) is 4.74 Å². The number of carbonyl (C=O) groups is 1. The number of aryl methyl sites for hydroxylation is 2. The second-order valence-corrected chi connectivity index (χ2v) is 5.49. The summed E-state index contributed by atoms with van der Waals surface area (Å²) in [5.41, 5.74) is 2.21. The van der Waals surface area contributed by atoms with Crippen LogP contribution in [0, 0.1) is 13.8 Å². The maximum Gasteiger partial charge on any atom is 0.257 e. The van der Waals surface area contributed by atoms with E-state index >= 15 is 0 Å². The molecule has 1 aliphatic heterocycles. The van der Waals surface area contributed by atoms with E-state index in [1.165, 1.54) is 0 Å². The van der Waals surface area contributed by atoms with Crippen LogP contribution in [0.1, 0.15) is 34.6 Å². The molecule has 1 aliphatic rings. The number of aromatic amines is 1. The van der Waals surface area contributed by atoms with Crippen molar-refractivity contribution in [3.8, 4) is 5.88 Å². The molecule has 2 aromatic rings. The Bertz CT molecular complexity index is 636. The van der Waals surface area contributed by atoms with Crippen LogP contribution < -0.4 is 4.74 Å². The van der Waals surface area contributed by atoms with Gasteiger partial charge in [0.1, 0.15) is 6.10 Å². The molecule has 22 heavy (non-hydrogen) atoms. The number of rotatable bonds is 3. The lowest BCUT2D eigenvalue weighted by molar-refractivity contribution is 0.0525. The fraction of sp³-hybridized carbons (Fsp3) is 0.467. The summed E-state index contributed by atoms with van der Waals surface area (Å²) >= 11 is 0. The first-order valence-electron chi connectivity index (χ1n) is 7.38. The number of likely N-dealkylation sites (tertiary alicyclic amines) is 1. The lowest BCUT2D eigenvalue weighted by atomic mass is 10.1. The molecule has 3 heterocycles. The van der Waals surface area contributed by atoms with Gasteiger partial charge in [-0.25, -0.2) is 4.98 Å². The zero-order chi connectivity index (χ0) is 15.5. The topological polar surface area (TPSA) is 84.0 Å². The molecule has 0 bridgehead atoms. The largest absolute Gasteiger partial charge is 0.471 e. The lowest BCUT2D eigenvalue weighted by Crippen LogP contribution is -2.44. The highest BCUT2D eigenvalue weighted by Gasteiger charge is 2.28. The van der Waals surface area contributed by atoms with E-state index in [0.717, 1.165) is 30.8 Å². The second-order valence-electron chi connectivity index (χ2n) is 5.49. The van der Waals surface area contributed by atoms with Crippen molar-refractivity contribution in [1.29, 1.82) is 0 Å². The number of nitrogens with one attached hydrogen (secondary N) is 1. The van der Waals surface area contributed by atoms with Gasteiger partial charge in [0.2, 0.25) is 5.88 Å². The van der Waals surface area contributed by atoms with Crippen LogP contribution in [0.4, 0.5) is 0 Å². The van der Waals surface area contributed by atoms with Crippen LogP contribution in [0.5, 0.6) is 5.88 Å². The number of H-pyrrole nitrogens is 1. The molecule has 2 aromatic heterocycles. The molecule has 7 heteroatoms. The van der Waals surface area contributed by atoms with Crippen molar-refractivity contribution in [3.05, 3.63) is 35.5 Å². The van der Waals surface area contributed by atoms with E-state index < -0.39 is 0 Å². The normalized spacial score (nSPS) is 18.3. The van der Waals surface area contributed by atoms with E-state index in [1.54, 1.807) is 18.6 Å². The quantitative estimate of drug-likeness (QED) is 0.928. The molecule has 1 N–H and O–H groups in total. The maximum absolute atomic E-state index is 12.7. The van der Waals surface area contributed by atoms with Crippen molar-refractivity contribution in [2.75, 3.05) is 13.1 Å². The Morgan fingerprint density at radius 1 is 1.41 bits per heavy atom. The van der Waals surface area contributed by atoms with Crippen LogP contribution in [0.2, 0.25) is 0 Å². The van der Waals surface area contributed by atoms with Crippen LogP contribution in [0.15, 0.2) is 18.6 Å². The van der Waals surface area contributed by atoms with Crippen molar-refractivity contribution in [2.45, 2.75) is 32.8 Å². The summed E-state index contributed by atoms with van der Waals surface area (Å²) < 4.78 is 5.82. The highest BCUT2D eigenvalue weighted by Crippen LogP contribution is 2.20. The Morgan fingerprint density at radius 3 is 2.95 bits per heavy atom.